The van der Waals surface area contributed by atoms with E-state index in [0.717, 1.165) is 4.31 Å². The highest BCUT2D eigenvalue weighted by atomic mass is 79.9. The molecule has 0 spiro atoms. The maximum Gasteiger partial charge on any atom is 0.306 e. The van der Waals surface area contributed by atoms with Crippen LogP contribution in [0.15, 0.2) is 27.6 Å². The van der Waals surface area contributed by atoms with Crippen molar-refractivity contribution in [1.82, 2.24) is 4.31 Å². The van der Waals surface area contributed by atoms with E-state index in [1.807, 2.05) is 0 Å². The van der Waals surface area contributed by atoms with Crippen molar-refractivity contribution in [1.29, 1.82) is 0 Å². The van der Waals surface area contributed by atoms with Crippen LogP contribution in [0.1, 0.15) is 6.42 Å². The van der Waals surface area contributed by atoms with Crippen molar-refractivity contribution in [2.45, 2.75) is 11.3 Å². The molecule has 8 heteroatoms. The third kappa shape index (κ3) is 3.92. The molecule has 0 unspecified atom stereocenters. The minimum Gasteiger partial charge on any atom is -0.469 e. The van der Waals surface area contributed by atoms with Crippen LogP contribution in [0, 0.1) is 0 Å². The van der Waals surface area contributed by atoms with E-state index in [9.17, 15) is 13.2 Å². The molecule has 0 amide bonds. The summed E-state index contributed by atoms with van der Waals surface area (Å²) in [5.74, 6) is -0.467. The molecule has 0 bridgehead atoms. The van der Waals surface area contributed by atoms with Crippen LogP contribution in [-0.2, 0) is 19.6 Å². The molecule has 0 heterocycles. The Morgan fingerprint density at radius 3 is 2.63 bits per heavy atom. The molecule has 1 aromatic rings. The van der Waals surface area contributed by atoms with E-state index in [4.69, 9.17) is 5.73 Å². The second-order valence-electron chi connectivity index (χ2n) is 3.83. The molecule has 0 aliphatic heterocycles. The molecule has 106 valence electrons. The summed E-state index contributed by atoms with van der Waals surface area (Å²) in [6, 6.07) is 4.53. The lowest BCUT2D eigenvalue weighted by atomic mass is 10.3. The van der Waals surface area contributed by atoms with E-state index >= 15 is 0 Å². The molecule has 19 heavy (non-hydrogen) atoms. The average Bonchev–Trinajstić information content (AvgIpc) is 2.34. The maximum absolute atomic E-state index is 12.2. The standard InChI is InChI=1S/C11H15BrN2O4S/c1-14(6-5-11(15)18-2)19(16,17)10-4-3-8(12)7-9(10)13/h3-4,7H,5-6,13H2,1-2H3. The van der Waals surface area contributed by atoms with Gasteiger partial charge in [0.25, 0.3) is 0 Å². The molecule has 1 aromatic carbocycles. The molecule has 0 saturated carbocycles. The highest BCUT2D eigenvalue weighted by molar-refractivity contribution is 9.10. The topological polar surface area (TPSA) is 89.7 Å². The number of anilines is 1. The van der Waals surface area contributed by atoms with Crippen molar-refractivity contribution in [3.8, 4) is 0 Å². The zero-order chi connectivity index (χ0) is 14.6. The number of sulfonamides is 1. The fraction of sp³-hybridized carbons (Fsp3) is 0.364. The van der Waals surface area contributed by atoms with Gasteiger partial charge in [-0.2, -0.15) is 0 Å². The Balaban J connectivity index is 2.94. The summed E-state index contributed by atoms with van der Waals surface area (Å²) in [5, 5.41) is 0. The molecule has 0 saturated heterocycles. The first-order valence-corrected chi connectivity index (χ1v) is 7.60. The van der Waals surface area contributed by atoms with Gasteiger partial charge in [0, 0.05) is 18.1 Å². The van der Waals surface area contributed by atoms with Gasteiger partial charge in [0.05, 0.1) is 19.2 Å². The summed E-state index contributed by atoms with van der Waals surface area (Å²) < 4.78 is 30.7. The number of ether oxygens (including phenoxy) is 1. The molecule has 0 atom stereocenters. The van der Waals surface area contributed by atoms with E-state index in [2.05, 4.69) is 20.7 Å². The molecular weight excluding hydrogens is 336 g/mol. The second kappa shape index (κ2) is 6.36. The highest BCUT2D eigenvalue weighted by Crippen LogP contribution is 2.25. The van der Waals surface area contributed by atoms with E-state index in [1.54, 1.807) is 6.07 Å². The average molecular weight is 351 g/mol. The summed E-state index contributed by atoms with van der Waals surface area (Å²) in [6.45, 7) is 0.0323. The number of nitrogens with zero attached hydrogens (tertiary/aromatic N) is 1. The molecule has 0 fully saturated rings. The molecule has 1 rings (SSSR count). The van der Waals surface area contributed by atoms with Gasteiger partial charge in [-0.05, 0) is 18.2 Å². The Kier molecular flexibility index (Phi) is 5.33. The van der Waals surface area contributed by atoms with Crippen LogP contribution in [0.2, 0.25) is 0 Å². The Morgan fingerprint density at radius 1 is 1.47 bits per heavy atom. The lowest BCUT2D eigenvalue weighted by Crippen LogP contribution is -2.30. The first kappa shape index (κ1) is 15.9. The molecule has 0 aromatic heterocycles. The fourth-order valence-electron chi connectivity index (χ4n) is 1.39. The number of nitrogens with two attached hydrogens (primary N) is 1. The normalized spacial score (nSPS) is 11.6. The lowest BCUT2D eigenvalue weighted by Gasteiger charge is -2.17. The summed E-state index contributed by atoms with van der Waals surface area (Å²) in [7, 11) is -1.07. The van der Waals surface area contributed by atoms with Crippen molar-refractivity contribution < 1.29 is 17.9 Å². The number of esters is 1. The minimum atomic E-state index is -3.71. The largest absolute Gasteiger partial charge is 0.469 e. The number of halogens is 1. The van der Waals surface area contributed by atoms with Crippen molar-refractivity contribution in [2.75, 3.05) is 26.4 Å². The summed E-state index contributed by atoms with van der Waals surface area (Å²) in [6.07, 6.45) is -0.0112. The van der Waals surface area contributed by atoms with Gasteiger partial charge < -0.3 is 10.5 Å². The predicted octanol–water partition coefficient (Wildman–Crippen LogP) is 1.21. The van der Waals surface area contributed by atoms with Crippen LogP contribution in [0.5, 0.6) is 0 Å². The number of benzene rings is 1. The molecule has 0 aliphatic rings. The Hall–Kier alpha value is -1.12. The van der Waals surface area contributed by atoms with Crippen LogP contribution >= 0.6 is 15.9 Å². The van der Waals surface area contributed by atoms with Gasteiger partial charge in [-0.1, -0.05) is 15.9 Å². The summed E-state index contributed by atoms with van der Waals surface area (Å²) in [5.41, 5.74) is 5.85. The number of hydrogen-bond acceptors (Lipinski definition) is 5. The number of carbonyl (C=O) groups is 1. The minimum absolute atomic E-state index is 0.0112. The summed E-state index contributed by atoms with van der Waals surface area (Å²) in [4.78, 5) is 11.0. The number of carbonyl (C=O) groups excluding carboxylic acids is 1. The molecular formula is C11H15BrN2O4S. The lowest BCUT2D eigenvalue weighted by molar-refractivity contribution is -0.140. The summed E-state index contributed by atoms with van der Waals surface area (Å²) >= 11 is 3.21. The number of methoxy groups -OCH3 is 1. The van der Waals surface area contributed by atoms with Crippen LogP contribution in [-0.4, -0.2) is 39.4 Å². The number of hydrogen-bond donors (Lipinski definition) is 1. The van der Waals surface area contributed by atoms with Gasteiger partial charge in [-0.15, -0.1) is 0 Å². The van der Waals surface area contributed by atoms with Crippen LogP contribution in [0.25, 0.3) is 0 Å². The monoisotopic (exact) mass is 350 g/mol. The van der Waals surface area contributed by atoms with Crippen molar-refractivity contribution in [3.63, 3.8) is 0 Å². The zero-order valence-electron chi connectivity index (χ0n) is 10.6. The number of rotatable bonds is 5. The highest BCUT2D eigenvalue weighted by Gasteiger charge is 2.23. The van der Waals surface area contributed by atoms with Gasteiger partial charge >= 0.3 is 5.97 Å². The van der Waals surface area contributed by atoms with Gasteiger partial charge in [0.15, 0.2) is 0 Å². The van der Waals surface area contributed by atoms with E-state index in [0.29, 0.717) is 4.47 Å². The molecule has 2 N–H and O–H groups in total. The van der Waals surface area contributed by atoms with E-state index in [1.165, 1.54) is 26.3 Å². The van der Waals surface area contributed by atoms with Crippen molar-refractivity contribution in [2.24, 2.45) is 0 Å². The van der Waals surface area contributed by atoms with Crippen LogP contribution < -0.4 is 5.73 Å². The van der Waals surface area contributed by atoms with Gasteiger partial charge in [-0.3, -0.25) is 4.79 Å². The second-order valence-corrected chi connectivity index (χ2v) is 6.76. The Morgan fingerprint density at radius 2 is 2.11 bits per heavy atom. The Bertz CT molecular complexity index is 574. The van der Waals surface area contributed by atoms with Gasteiger partial charge in [0.1, 0.15) is 4.90 Å². The van der Waals surface area contributed by atoms with Crippen molar-refractivity contribution in [3.05, 3.63) is 22.7 Å². The molecule has 6 nitrogen and oxygen atoms in total. The molecule has 0 radical (unpaired) electrons. The van der Waals surface area contributed by atoms with Gasteiger partial charge in [-0.25, -0.2) is 12.7 Å². The van der Waals surface area contributed by atoms with E-state index in [-0.39, 0.29) is 23.5 Å². The zero-order valence-corrected chi connectivity index (χ0v) is 13.0. The van der Waals surface area contributed by atoms with Crippen molar-refractivity contribution >= 4 is 37.6 Å². The SMILES string of the molecule is COC(=O)CCN(C)S(=O)(=O)c1ccc(Br)cc1N. The molecule has 0 aliphatic carbocycles. The van der Waals surface area contributed by atoms with E-state index < -0.39 is 16.0 Å². The first-order chi connectivity index (χ1) is 8.78. The quantitative estimate of drug-likeness (QED) is 0.636. The van der Waals surface area contributed by atoms with Crippen LogP contribution in [0.3, 0.4) is 0 Å². The predicted molar refractivity (Wildman–Crippen MR) is 75.0 cm³/mol. The maximum atomic E-state index is 12.2. The van der Waals surface area contributed by atoms with Gasteiger partial charge in [0.2, 0.25) is 10.0 Å². The number of nitrogen functional groups attached to an aromatic ring is 1. The third-order valence-electron chi connectivity index (χ3n) is 2.52. The third-order valence-corrected chi connectivity index (χ3v) is 4.94. The Labute approximate surface area is 120 Å². The fourth-order valence-corrected chi connectivity index (χ4v) is 3.04. The first-order valence-electron chi connectivity index (χ1n) is 5.37. The smallest absolute Gasteiger partial charge is 0.306 e. The van der Waals surface area contributed by atoms with Crippen LogP contribution in [0.4, 0.5) is 5.69 Å².